The van der Waals surface area contributed by atoms with Crippen LogP contribution in [0.3, 0.4) is 0 Å². The summed E-state index contributed by atoms with van der Waals surface area (Å²) < 4.78 is 6.45. The van der Waals surface area contributed by atoms with Crippen molar-refractivity contribution in [3.8, 4) is 0 Å². The van der Waals surface area contributed by atoms with E-state index in [9.17, 15) is 14.4 Å². The van der Waals surface area contributed by atoms with Crippen molar-refractivity contribution >= 4 is 23.4 Å². The summed E-state index contributed by atoms with van der Waals surface area (Å²) in [5, 5.41) is 6.30. The maximum atomic E-state index is 14.0. The molecule has 3 fully saturated rings. The Balaban J connectivity index is 1.45. The zero-order valence-electron chi connectivity index (χ0n) is 22.0. The van der Waals surface area contributed by atoms with E-state index in [1.807, 2.05) is 57.2 Å². The SMILES string of the molecule is CCC(C)N1C(=O)C2C(C(=O)Nc3cccc(C)c3)C3C=CC2(O3)C1C(=O)NC1CCCC(C)C1C. The standard InChI is InChI=1S/C29H39N3O4/c1-6-18(4)32-25(27(34)31-21-12-8-10-17(3)19(21)5)29-14-13-22(36-29)23(24(29)28(32)35)26(33)30-20-11-7-9-16(2)15-20/h7,9,11,13-15,17-19,21-25H,6,8,10,12H2,1-5H3,(H,30,33)(H,31,34). The highest BCUT2D eigenvalue weighted by atomic mass is 16.5. The van der Waals surface area contributed by atoms with E-state index in [0.717, 1.165) is 18.4 Å². The van der Waals surface area contributed by atoms with Crippen molar-refractivity contribution in [2.75, 3.05) is 5.32 Å². The molecule has 1 aromatic rings. The van der Waals surface area contributed by atoms with Crippen LogP contribution >= 0.6 is 0 Å². The number of amides is 3. The van der Waals surface area contributed by atoms with Crippen LogP contribution in [0, 0.1) is 30.6 Å². The van der Waals surface area contributed by atoms with Crippen LogP contribution in [0.25, 0.3) is 0 Å². The minimum absolute atomic E-state index is 0.0774. The number of rotatable bonds is 6. The molecule has 3 amide bonds. The average molecular weight is 494 g/mol. The van der Waals surface area contributed by atoms with E-state index >= 15 is 0 Å². The molecule has 7 heteroatoms. The molecule has 9 unspecified atom stereocenters. The summed E-state index contributed by atoms with van der Waals surface area (Å²) in [5.41, 5.74) is 0.615. The maximum absolute atomic E-state index is 14.0. The van der Waals surface area contributed by atoms with Crippen LogP contribution < -0.4 is 10.6 Å². The number of fused-ring (bicyclic) bond motifs is 1. The van der Waals surface area contributed by atoms with Gasteiger partial charge in [0.25, 0.3) is 0 Å². The van der Waals surface area contributed by atoms with Gasteiger partial charge in [0.15, 0.2) is 0 Å². The number of likely N-dealkylation sites (tertiary alicyclic amines) is 1. The summed E-state index contributed by atoms with van der Waals surface area (Å²) in [4.78, 5) is 43.1. The van der Waals surface area contributed by atoms with Crippen molar-refractivity contribution in [3.05, 3.63) is 42.0 Å². The summed E-state index contributed by atoms with van der Waals surface area (Å²) in [5.74, 6) is -1.05. The van der Waals surface area contributed by atoms with E-state index in [-0.39, 0.29) is 29.8 Å². The van der Waals surface area contributed by atoms with Crippen LogP contribution in [0.2, 0.25) is 0 Å². The number of nitrogens with one attached hydrogen (secondary N) is 2. The number of anilines is 1. The summed E-state index contributed by atoms with van der Waals surface area (Å²) in [6, 6.07) is 6.75. The Hall–Kier alpha value is -2.67. The Labute approximate surface area is 214 Å². The average Bonchev–Trinajstić information content (AvgIpc) is 3.49. The summed E-state index contributed by atoms with van der Waals surface area (Å²) in [6.45, 7) is 10.4. The molecular formula is C29H39N3O4. The molecule has 194 valence electrons. The molecule has 3 heterocycles. The highest BCUT2D eigenvalue weighted by Crippen LogP contribution is 2.56. The van der Waals surface area contributed by atoms with E-state index in [1.165, 1.54) is 6.42 Å². The fourth-order valence-corrected chi connectivity index (χ4v) is 6.87. The van der Waals surface area contributed by atoms with Crippen LogP contribution in [0.4, 0.5) is 5.69 Å². The lowest BCUT2D eigenvalue weighted by Crippen LogP contribution is -2.59. The van der Waals surface area contributed by atoms with Crippen molar-refractivity contribution in [3.63, 3.8) is 0 Å². The second kappa shape index (κ2) is 9.33. The van der Waals surface area contributed by atoms with Crippen molar-refractivity contribution in [1.82, 2.24) is 10.2 Å². The zero-order valence-corrected chi connectivity index (χ0v) is 22.0. The molecule has 36 heavy (non-hydrogen) atoms. The lowest BCUT2D eigenvalue weighted by Gasteiger charge is -2.39. The van der Waals surface area contributed by atoms with Crippen molar-refractivity contribution in [2.45, 2.75) is 90.1 Å². The fraction of sp³-hybridized carbons (Fsp3) is 0.621. The molecule has 0 radical (unpaired) electrons. The van der Waals surface area contributed by atoms with Gasteiger partial charge in [-0.25, -0.2) is 0 Å². The molecule has 1 spiro atoms. The number of aryl methyl sites for hydroxylation is 1. The highest BCUT2D eigenvalue weighted by Gasteiger charge is 2.73. The van der Waals surface area contributed by atoms with Crippen LogP contribution in [0.5, 0.6) is 0 Å². The van der Waals surface area contributed by atoms with Crippen molar-refractivity contribution < 1.29 is 19.1 Å². The predicted octanol–water partition coefficient (Wildman–Crippen LogP) is 3.82. The summed E-state index contributed by atoms with van der Waals surface area (Å²) >= 11 is 0. The second-order valence-electron chi connectivity index (χ2n) is 11.4. The van der Waals surface area contributed by atoms with Gasteiger partial charge in [0, 0.05) is 17.8 Å². The first-order valence-electron chi connectivity index (χ1n) is 13.5. The van der Waals surface area contributed by atoms with Crippen LogP contribution in [-0.4, -0.2) is 52.5 Å². The zero-order chi connectivity index (χ0) is 25.8. The number of carbonyl (C=O) groups is 3. The third-order valence-corrected chi connectivity index (χ3v) is 9.25. The van der Waals surface area contributed by atoms with Crippen LogP contribution in [0.1, 0.15) is 58.9 Å². The number of ether oxygens (including phenoxy) is 1. The molecule has 1 aromatic carbocycles. The van der Waals surface area contributed by atoms with Gasteiger partial charge >= 0.3 is 0 Å². The quantitative estimate of drug-likeness (QED) is 0.590. The van der Waals surface area contributed by atoms with E-state index < -0.39 is 29.6 Å². The fourth-order valence-electron chi connectivity index (χ4n) is 6.87. The Morgan fingerprint density at radius 2 is 2.00 bits per heavy atom. The van der Waals surface area contributed by atoms with E-state index in [4.69, 9.17) is 4.74 Å². The van der Waals surface area contributed by atoms with Gasteiger partial charge in [-0.3, -0.25) is 14.4 Å². The van der Waals surface area contributed by atoms with Crippen LogP contribution in [-0.2, 0) is 19.1 Å². The third-order valence-electron chi connectivity index (χ3n) is 9.25. The third kappa shape index (κ3) is 3.87. The lowest BCUT2D eigenvalue weighted by molar-refractivity contribution is -0.144. The van der Waals surface area contributed by atoms with E-state index in [0.29, 0.717) is 23.9 Å². The molecule has 5 rings (SSSR count). The van der Waals surface area contributed by atoms with E-state index in [1.54, 1.807) is 4.90 Å². The largest absolute Gasteiger partial charge is 0.359 e. The molecular weight excluding hydrogens is 454 g/mol. The smallest absolute Gasteiger partial charge is 0.246 e. The molecule has 3 aliphatic heterocycles. The van der Waals surface area contributed by atoms with Gasteiger partial charge in [0.2, 0.25) is 17.7 Å². The number of benzene rings is 1. The van der Waals surface area contributed by atoms with Crippen molar-refractivity contribution in [2.24, 2.45) is 23.7 Å². The number of carbonyl (C=O) groups excluding carboxylic acids is 3. The molecule has 2 saturated heterocycles. The lowest BCUT2D eigenvalue weighted by atomic mass is 9.73. The summed E-state index contributed by atoms with van der Waals surface area (Å²) in [6.07, 6.45) is 7.15. The highest BCUT2D eigenvalue weighted by molar-refractivity contribution is 6.03. The first-order valence-corrected chi connectivity index (χ1v) is 13.5. The van der Waals surface area contributed by atoms with Gasteiger partial charge in [-0.1, -0.05) is 57.9 Å². The topological polar surface area (TPSA) is 87.7 Å². The Bertz CT molecular complexity index is 1090. The summed E-state index contributed by atoms with van der Waals surface area (Å²) in [7, 11) is 0. The molecule has 2 bridgehead atoms. The van der Waals surface area contributed by atoms with Gasteiger partial charge < -0.3 is 20.3 Å². The predicted molar refractivity (Wildman–Crippen MR) is 138 cm³/mol. The normalized spacial score (nSPS) is 37.6. The van der Waals surface area contributed by atoms with Gasteiger partial charge in [0.05, 0.1) is 17.9 Å². The Morgan fingerprint density at radius 1 is 1.22 bits per heavy atom. The molecule has 0 aromatic heterocycles. The van der Waals surface area contributed by atoms with Gasteiger partial charge in [-0.2, -0.15) is 0 Å². The van der Waals surface area contributed by atoms with E-state index in [2.05, 4.69) is 24.5 Å². The van der Waals surface area contributed by atoms with Crippen LogP contribution in [0.15, 0.2) is 36.4 Å². The van der Waals surface area contributed by atoms with Gasteiger partial charge in [-0.05, 0) is 56.2 Å². The molecule has 7 nitrogen and oxygen atoms in total. The first kappa shape index (κ1) is 25.0. The first-order chi connectivity index (χ1) is 17.2. The Morgan fingerprint density at radius 3 is 2.72 bits per heavy atom. The second-order valence-corrected chi connectivity index (χ2v) is 11.4. The molecule has 2 N–H and O–H groups in total. The van der Waals surface area contributed by atoms with Gasteiger partial charge in [-0.15, -0.1) is 0 Å². The minimum atomic E-state index is -1.12. The van der Waals surface area contributed by atoms with Crippen molar-refractivity contribution in [1.29, 1.82) is 0 Å². The minimum Gasteiger partial charge on any atom is -0.359 e. The number of hydrogen-bond acceptors (Lipinski definition) is 4. The number of nitrogens with zero attached hydrogens (tertiary/aromatic N) is 1. The molecule has 4 aliphatic rings. The molecule has 1 saturated carbocycles. The van der Waals surface area contributed by atoms with Gasteiger partial charge in [0.1, 0.15) is 11.6 Å². The monoisotopic (exact) mass is 493 g/mol. The maximum Gasteiger partial charge on any atom is 0.246 e. The molecule has 9 atom stereocenters. The molecule has 1 aliphatic carbocycles. The number of hydrogen-bond donors (Lipinski definition) is 2. The Kier molecular flexibility index (Phi) is 6.48.